The van der Waals surface area contributed by atoms with Crippen LogP contribution in [0.15, 0.2) is 65.6 Å². The summed E-state index contributed by atoms with van der Waals surface area (Å²) in [5, 5.41) is 2.92. The maximum Gasteiger partial charge on any atom is 0.261 e. The van der Waals surface area contributed by atoms with Crippen LogP contribution in [-0.4, -0.2) is 14.3 Å². The first-order valence-corrected chi connectivity index (χ1v) is 11.0. The van der Waals surface area contributed by atoms with Gasteiger partial charge in [-0.05, 0) is 55.5 Å². The number of ether oxygens (including phenoxy) is 1. The van der Waals surface area contributed by atoms with Crippen LogP contribution >= 0.6 is 23.2 Å². The van der Waals surface area contributed by atoms with Crippen molar-refractivity contribution in [2.24, 2.45) is 0 Å². The molecule has 30 heavy (non-hydrogen) atoms. The number of aryl methyl sites for hydroxylation is 1. The molecule has 9 heteroatoms. The normalized spacial score (nSPS) is 11.1. The number of anilines is 2. The SMILES string of the molecule is CC(=O)Nc1ccc(Oc2c(Cl)cc(NS(=O)(=O)c3ccc(C)cc3)cc2Cl)cc1. The van der Waals surface area contributed by atoms with E-state index in [4.69, 9.17) is 27.9 Å². The average molecular weight is 465 g/mol. The smallest absolute Gasteiger partial charge is 0.261 e. The summed E-state index contributed by atoms with van der Waals surface area (Å²) < 4.78 is 33.3. The van der Waals surface area contributed by atoms with Gasteiger partial charge >= 0.3 is 0 Å². The fourth-order valence-corrected chi connectivity index (χ4v) is 4.18. The summed E-state index contributed by atoms with van der Waals surface area (Å²) in [5.41, 5.74) is 1.78. The van der Waals surface area contributed by atoms with Gasteiger partial charge in [-0.1, -0.05) is 40.9 Å². The summed E-state index contributed by atoms with van der Waals surface area (Å²) >= 11 is 12.6. The molecule has 0 bridgehead atoms. The molecule has 0 aliphatic heterocycles. The van der Waals surface area contributed by atoms with Gasteiger partial charge in [0.2, 0.25) is 5.91 Å². The van der Waals surface area contributed by atoms with Crippen LogP contribution in [0, 0.1) is 6.92 Å². The van der Waals surface area contributed by atoms with E-state index in [0.717, 1.165) is 5.56 Å². The van der Waals surface area contributed by atoms with Gasteiger partial charge in [0.05, 0.1) is 20.6 Å². The van der Waals surface area contributed by atoms with E-state index >= 15 is 0 Å². The van der Waals surface area contributed by atoms with Crippen molar-refractivity contribution in [1.82, 2.24) is 0 Å². The minimum atomic E-state index is -3.79. The topological polar surface area (TPSA) is 84.5 Å². The predicted molar refractivity (Wildman–Crippen MR) is 119 cm³/mol. The second-order valence-electron chi connectivity index (χ2n) is 6.50. The lowest BCUT2D eigenvalue weighted by atomic mass is 10.2. The van der Waals surface area contributed by atoms with Crippen LogP contribution in [0.4, 0.5) is 11.4 Å². The van der Waals surface area contributed by atoms with Crippen LogP contribution in [0.1, 0.15) is 12.5 Å². The summed E-state index contributed by atoms with van der Waals surface area (Å²) in [4.78, 5) is 11.2. The fourth-order valence-electron chi connectivity index (χ4n) is 2.58. The third kappa shape index (κ3) is 5.44. The maximum atomic E-state index is 12.6. The number of amides is 1. The lowest BCUT2D eigenvalue weighted by Crippen LogP contribution is -2.13. The molecule has 0 unspecified atom stereocenters. The Kier molecular flexibility index (Phi) is 6.55. The Labute approximate surface area is 184 Å². The van der Waals surface area contributed by atoms with E-state index in [0.29, 0.717) is 11.4 Å². The zero-order chi connectivity index (χ0) is 21.9. The Morgan fingerprint density at radius 3 is 2.00 bits per heavy atom. The predicted octanol–water partition coefficient (Wildman–Crippen LogP) is 5.85. The van der Waals surface area contributed by atoms with Crippen molar-refractivity contribution >= 4 is 50.5 Å². The number of hydrogen-bond donors (Lipinski definition) is 2. The molecule has 0 atom stereocenters. The van der Waals surface area contributed by atoms with Crippen LogP contribution in [-0.2, 0) is 14.8 Å². The molecule has 0 radical (unpaired) electrons. The fraction of sp³-hybridized carbons (Fsp3) is 0.0952. The van der Waals surface area contributed by atoms with E-state index in [1.807, 2.05) is 6.92 Å². The average Bonchev–Trinajstić information content (AvgIpc) is 2.65. The highest BCUT2D eigenvalue weighted by Gasteiger charge is 2.17. The first kappa shape index (κ1) is 22.0. The van der Waals surface area contributed by atoms with E-state index in [2.05, 4.69) is 10.0 Å². The van der Waals surface area contributed by atoms with Crippen LogP contribution < -0.4 is 14.8 Å². The zero-order valence-electron chi connectivity index (χ0n) is 16.1. The molecular formula is C21H18Cl2N2O4S. The van der Waals surface area contributed by atoms with Gasteiger partial charge in [0.15, 0.2) is 5.75 Å². The van der Waals surface area contributed by atoms with Gasteiger partial charge in [-0.25, -0.2) is 8.42 Å². The van der Waals surface area contributed by atoms with Crippen LogP contribution in [0.2, 0.25) is 10.0 Å². The zero-order valence-corrected chi connectivity index (χ0v) is 18.4. The van der Waals surface area contributed by atoms with Crippen molar-refractivity contribution in [3.63, 3.8) is 0 Å². The molecule has 2 N–H and O–H groups in total. The van der Waals surface area contributed by atoms with Crippen molar-refractivity contribution in [2.75, 3.05) is 10.0 Å². The molecular weight excluding hydrogens is 447 g/mol. The quantitative estimate of drug-likeness (QED) is 0.478. The van der Waals surface area contributed by atoms with Gasteiger partial charge in [-0.2, -0.15) is 0 Å². The molecule has 156 valence electrons. The lowest BCUT2D eigenvalue weighted by Gasteiger charge is -2.13. The van der Waals surface area contributed by atoms with Crippen LogP contribution in [0.5, 0.6) is 11.5 Å². The summed E-state index contributed by atoms with van der Waals surface area (Å²) in [5.74, 6) is 0.447. The highest BCUT2D eigenvalue weighted by Crippen LogP contribution is 2.39. The molecule has 0 saturated heterocycles. The maximum absolute atomic E-state index is 12.6. The first-order valence-electron chi connectivity index (χ1n) is 8.78. The van der Waals surface area contributed by atoms with E-state index in [9.17, 15) is 13.2 Å². The van der Waals surface area contributed by atoms with Crippen molar-refractivity contribution in [3.8, 4) is 11.5 Å². The minimum Gasteiger partial charge on any atom is -0.454 e. The Morgan fingerprint density at radius 1 is 0.900 bits per heavy atom. The van der Waals surface area contributed by atoms with Gasteiger partial charge < -0.3 is 10.1 Å². The number of nitrogens with one attached hydrogen (secondary N) is 2. The van der Waals surface area contributed by atoms with Crippen molar-refractivity contribution in [3.05, 3.63) is 76.3 Å². The molecule has 3 aromatic rings. The van der Waals surface area contributed by atoms with Gasteiger partial charge in [0.25, 0.3) is 10.0 Å². The van der Waals surface area contributed by atoms with E-state index in [1.165, 1.54) is 31.2 Å². The molecule has 0 aromatic heterocycles. The minimum absolute atomic E-state index is 0.125. The molecule has 0 spiro atoms. The van der Waals surface area contributed by atoms with Gasteiger partial charge in [-0.15, -0.1) is 0 Å². The van der Waals surface area contributed by atoms with E-state index in [1.54, 1.807) is 36.4 Å². The third-order valence-electron chi connectivity index (χ3n) is 3.98. The Morgan fingerprint density at radius 2 is 1.47 bits per heavy atom. The number of carbonyl (C=O) groups is 1. The standard InChI is InChI=1S/C21H18Cl2N2O4S/c1-13-3-9-18(10-4-13)30(27,28)25-16-11-19(22)21(20(23)12-16)29-17-7-5-15(6-8-17)24-14(2)26/h3-12,25H,1-2H3,(H,24,26). The second-order valence-corrected chi connectivity index (χ2v) is 8.99. The summed E-state index contributed by atoms with van der Waals surface area (Å²) in [6.07, 6.45) is 0. The number of benzene rings is 3. The number of sulfonamides is 1. The molecule has 0 aliphatic rings. The van der Waals surface area contributed by atoms with Gasteiger partial charge in [0.1, 0.15) is 5.75 Å². The second kappa shape index (κ2) is 8.95. The summed E-state index contributed by atoms with van der Waals surface area (Å²) in [7, 11) is -3.79. The summed E-state index contributed by atoms with van der Waals surface area (Å²) in [6, 6.07) is 15.9. The Balaban J connectivity index is 1.80. The Hall–Kier alpha value is -2.74. The van der Waals surface area contributed by atoms with Gasteiger partial charge in [-0.3, -0.25) is 9.52 Å². The Bertz CT molecular complexity index is 1160. The molecule has 0 aliphatic carbocycles. The first-order chi connectivity index (χ1) is 14.1. The highest BCUT2D eigenvalue weighted by molar-refractivity contribution is 7.92. The highest BCUT2D eigenvalue weighted by atomic mass is 35.5. The lowest BCUT2D eigenvalue weighted by molar-refractivity contribution is -0.114. The third-order valence-corrected chi connectivity index (χ3v) is 5.94. The van der Waals surface area contributed by atoms with Crippen LogP contribution in [0.25, 0.3) is 0 Å². The van der Waals surface area contributed by atoms with Gasteiger partial charge in [0, 0.05) is 12.6 Å². The largest absolute Gasteiger partial charge is 0.454 e. The number of hydrogen-bond acceptors (Lipinski definition) is 4. The summed E-state index contributed by atoms with van der Waals surface area (Å²) in [6.45, 7) is 3.29. The van der Waals surface area contributed by atoms with Crippen molar-refractivity contribution in [1.29, 1.82) is 0 Å². The number of halogens is 2. The molecule has 0 fully saturated rings. The molecule has 3 rings (SSSR count). The molecule has 3 aromatic carbocycles. The number of rotatable bonds is 6. The molecule has 0 saturated carbocycles. The number of carbonyl (C=O) groups excluding carboxylic acids is 1. The van der Waals surface area contributed by atoms with Crippen molar-refractivity contribution < 1.29 is 17.9 Å². The molecule has 6 nitrogen and oxygen atoms in total. The monoisotopic (exact) mass is 464 g/mol. The van der Waals surface area contributed by atoms with E-state index in [-0.39, 0.29) is 32.3 Å². The van der Waals surface area contributed by atoms with E-state index < -0.39 is 10.0 Å². The van der Waals surface area contributed by atoms with Crippen LogP contribution in [0.3, 0.4) is 0 Å². The molecule has 1 amide bonds. The molecule has 0 heterocycles. The van der Waals surface area contributed by atoms with Crippen molar-refractivity contribution in [2.45, 2.75) is 18.7 Å².